The molecule has 1 aliphatic heterocycles. The second-order valence-corrected chi connectivity index (χ2v) is 6.36. The molecule has 0 saturated carbocycles. The first kappa shape index (κ1) is 21.1. The topological polar surface area (TPSA) is 124 Å². The number of nitrogens with zero attached hydrogens (tertiary/aromatic N) is 2. The van der Waals surface area contributed by atoms with Gasteiger partial charge in [-0.1, -0.05) is 12.1 Å². The van der Waals surface area contributed by atoms with Gasteiger partial charge >= 0.3 is 5.97 Å². The molecule has 9 heteroatoms. The number of hydrogen-bond acceptors (Lipinski definition) is 8. The molecule has 2 rings (SSSR count). The molecule has 148 valence electrons. The van der Waals surface area contributed by atoms with Crippen LogP contribution in [0.4, 0.5) is 5.69 Å². The number of methoxy groups -OCH3 is 1. The number of allylic oxidation sites excluding steroid dienone is 2. The summed E-state index contributed by atoms with van der Waals surface area (Å²) in [5, 5.41) is 23.6. The van der Waals surface area contributed by atoms with Crippen LogP contribution in [0.25, 0.3) is 0 Å². The van der Waals surface area contributed by atoms with Crippen molar-refractivity contribution < 1.29 is 24.2 Å². The minimum absolute atomic E-state index is 0.0103. The van der Waals surface area contributed by atoms with Crippen molar-refractivity contribution in [2.75, 3.05) is 13.7 Å². The third kappa shape index (κ3) is 4.54. The van der Waals surface area contributed by atoms with Gasteiger partial charge < -0.3 is 10.1 Å². The van der Waals surface area contributed by atoms with Crippen LogP contribution in [0.5, 0.6) is 0 Å². The molecule has 0 radical (unpaired) electrons. The second kappa shape index (κ2) is 9.12. The second-order valence-electron chi connectivity index (χ2n) is 6.36. The highest BCUT2D eigenvalue weighted by atomic mass is 17.2. The number of esters is 1. The van der Waals surface area contributed by atoms with Gasteiger partial charge in [-0.2, -0.15) is 5.26 Å². The first-order chi connectivity index (χ1) is 13.3. The van der Waals surface area contributed by atoms with E-state index in [4.69, 9.17) is 14.5 Å². The lowest BCUT2D eigenvalue weighted by molar-refractivity contribution is -0.384. The highest BCUT2D eigenvalue weighted by Gasteiger charge is 2.36. The Hall–Kier alpha value is -3.22. The van der Waals surface area contributed by atoms with Gasteiger partial charge in [0.15, 0.2) is 0 Å². The quantitative estimate of drug-likeness (QED) is 0.328. The smallest absolute Gasteiger partial charge is 0.337 e. The maximum atomic E-state index is 12.5. The Morgan fingerprint density at radius 2 is 2.14 bits per heavy atom. The van der Waals surface area contributed by atoms with E-state index in [0.717, 1.165) is 0 Å². The molecular formula is C19H21N3O6. The van der Waals surface area contributed by atoms with Crippen LogP contribution < -0.4 is 5.32 Å². The number of benzene rings is 1. The number of non-ortho nitro benzene ring substituents is 1. The van der Waals surface area contributed by atoms with Crippen LogP contribution in [0.3, 0.4) is 0 Å². The highest BCUT2D eigenvalue weighted by Crippen LogP contribution is 2.39. The van der Waals surface area contributed by atoms with E-state index in [-0.39, 0.29) is 29.7 Å². The summed E-state index contributed by atoms with van der Waals surface area (Å²) in [5.74, 6) is -1.48. The van der Waals surface area contributed by atoms with Gasteiger partial charge in [0, 0.05) is 23.7 Å². The normalized spacial score (nSPS) is 16.6. The van der Waals surface area contributed by atoms with E-state index in [0.29, 0.717) is 16.8 Å². The van der Waals surface area contributed by atoms with Crippen molar-refractivity contribution in [3.8, 4) is 6.07 Å². The number of ether oxygens (including phenoxy) is 1. The van der Waals surface area contributed by atoms with E-state index >= 15 is 0 Å². The first-order valence-corrected chi connectivity index (χ1v) is 8.52. The summed E-state index contributed by atoms with van der Waals surface area (Å²) in [6, 6.07) is 7.85. The largest absolute Gasteiger partial charge is 0.466 e. The van der Waals surface area contributed by atoms with Crippen molar-refractivity contribution >= 4 is 11.7 Å². The molecule has 1 unspecified atom stereocenters. The van der Waals surface area contributed by atoms with E-state index in [1.807, 2.05) is 6.07 Å². The van der Waals surface area contributed by atoms with E-state index in [1.165, 1.54) is 25.3 Å². The summed E-state index contributed by atoms with van der Waals surface area (Å²) in [7, 11) is 1.21. The number of nitrogens with one attached hydrogen (secondary N) is 1. The molecule has 1 heterocycles. The standard InChI is InChI=1S/C19H21N3O6/c1-11(2)28-27-10-15-12(3)21-16(9-20)18(19(23)26-4)17(15)13-6-5-7-14(8-13)22(24)25/h5-8,11,17,21H,10H2,1-4H3. The lowest BCUT2D eigenvalue weighted by atomic mass is 9.80. The molecule has 0 saturated heterocycles. The molecule has 9 nitrogen and oxygen atoms in total. The van der Waals surface area contributed by atoms with Gasteiger partial charge in [-0.05, 0) is 31.9 Å². The lowest BCUT2D eigenvalue weighted by Crippen LogP contribution is -2.31. The Bertz CT molecular complexity index is 882. The first-order valence-electron chi connectivity index (χ1n) is 8.52. The Kier molecular flexibility index (Phi) is 6.87. The zero-order chi connectivity index (χ0) is 20.8. The van der Waals surface area contributed by atoms with Gasteiger partial charge in [0.05, 0.1) is 23.7 Å². The lowest BCUT2D eigenvalue weighted by Gasteiger charge is -2.30. The average molecular weight is 387 g/mol. The van der Waals surface area contributed by atoms with Crippen molar-refractivity contribution in [3.05, 3.63) is 62.5 Å². The van der Waals surface area contributed by atoms with Crippen LogP contribution in [0.1, 0.15) is 32.3 Å². The SMILES string of the molecule is COC(=O)C1=C(C#N)NC(C)=C(COOC(C)C)C1c1cccc([N+](=O)[O-])c1. The number of rotatable bonds is 7. The van der Waals surface area contributed by atoms with Crippen LogP contribution in [-0.2, 0) is 19.3 Å². The Morgan fingerprint density at radius 3 is 2.71 bits per heavy atom. The fourth-order valence-corrected chi connectivity index (χ4v) is 2.90. The summed E-state index contributed by atoms with van der Waals surface area (Å²) in [6.07, 6.45) is -0.181. The third-order valence-corrected chi connectivity index (χ3v) is 4.11. The van der Waals surface area contributed by atoms with Crippen molar-refractivity contribution in [2.24, 2.45) is 0 Å². The molecule has 0 aromatic heterocycles. The van der Waals surface area contributed by atoms with Gasteiger partial charge in [-0.25, -0.2) is 14.6 Å². The number of carbonyl (C=O) groups excluding carboxylic acids is 1. The Balaban J connectivity index is 2.60. The molecular weight excluding hydrogens is 366 g/mol. The maximum absolute atomic E-state index is 12.5. The Labute approximate surface area is 162 Å². The summed E-state index contributed by atoms with van der Waals surface area (Å²) in [5.41, 5.74) is 1.60. The molecule has 1 N–H and O–H groups in total. The predicted molar refractivity (Wildman–Crippen MR) is 98.5 cm³/mol. The van der Waals surface area contributed by atoms with Crippen LogP contribution in [0.15, 0.2) is 46.8 Å². The molecule has 0 aliphatic carbocycles. The number of carbonyl (C=O) groups is 1. The number of nitro benzene ring substituents is 1. The van der Waals surface area contributed by atoms with Crippen LogP contribution in [0, 0.1) is 21.4 Å². The maximum Gasteiger partial charge on any atom is 0.337 e. The zero-order valence-electron chi connectivity index (χ0n) is 16.0. The van der Waals surface area contributed by atoms with E-state index in [9.17, 15) is 20.2 Å². The van der Waals surface area contributed by atoms with Crippen LogP contribution >= 0.6 is 0 Å². The van der Waals surface area contributed by atoms with Gasteiger partial charge in [-0.15, -0.1) is 0 Å². The van der Waals surface area contributed by atoms with Crippen molar-refractivity contribution in [2.45, 2.75) is 32.8 Å². The molecule has 0 amide bonds. The molecule has 0 spiro atoms. The number of dihydropyridines is 1. The van der Waals surface area contributed by atoms with Crippen LogP contribution in [0.2, 0.25) is 0 Å². The Morgan fingerprint density at radius 1 is 1.43 bits per heavy atom. The third-order valence-electron chi connectivity index (χ3n) is 4.11. The monoisotopic (exact) mass is 387 g/mol. The molecule has 1 aromatic carbocycles. The minimum atomic E-state index is -0.765. The highest BCUT2D eigenvalue weighted by molar-refractivity contribution is 5.93. The number of nitriles is 1. The molecule has 1 aromatic rings. The predicted octanol–water partition coefficient (Wildman–Crippen LogP) is 2.86. The summed E-state index contributed by atoms with van der Waals surface area (Å²) < 4.78 is 4.86. The van der Waals surface area contributed by atoms with Crippen LogP contribution in [-0.4, -0.2) is 30.7 Å². The molecule has 28 heavy (non-hydrogen) atoms. The van der Waals surface area contributed by atoms with E-state index < -0.39 is 16.8 Å². The van der Waals surface area contributed by atoms with Crippen molar-refractivity contribution in [1.29, 1.82) is 5.26 Å². The molecule has 1 atom stereocenters. The van der Waals surface area contributed by atoms with Gasteiger partial charge in [0.2, 0.25) is 0 Å². The molecule has 1 aliphatic rings. The van der Waals surface area contributed by atoms with E-state index in [2.05, 4.69) is 5.32 Å². The fraction of sp³-hybridized carbons (Fsp3) is 0.368. The van der Waals surface area contributed by atoms with Crippen molar-refractivity contribution in [3.63, 3.8) is 0 Å². The summed E-state index contributed by atoms with van der Waals surface area (Å²) in [6.45, 7) is 5.31. The molecule has 0 fully saturated rings. The minimum Gasteiger partial charge on any atom is -0.466 e. The molecule has 0 bridgehead atoms. The number of hydrogen-bond donors (Lipinski definition) is 1. The van der Waals surface area contributed by atoms with Gasteiger partial charge in [0.1, 0.15) is 18.4 Å². The van der Waals surface area contributed by atoms with E-state index in [1.54, 1.807) is 26.8 Å². The summed E-state index contributed by atoms with van der Waals surface area (Å²) in [4.78, 5) is 33.6. The van der Waals surface area contributed by atoms with Gasteiger partial charge in [-0.3, -0.25) is 10.1 Å². The average Bonchev–Trinajstić information content (AvgIpc) is 2.67. The fourth-order valence-electron chi connectivity index (χ4n) is 2.90. The van der Waals surface area contributed by atoms with Gasteiger partial charge in [0.25, 0.3) is 5.69 Å². The number of nitro groups is 1. The summed E-state index contributed by atoms with van der Waals surface area (Å²) >= 11 is 0. The zero-order valence-corrected chi connectivity index (χ0v) is 16.0. The van der Waals surface area contributed by atoms with Crippen molar-refractivity contribution in [1.82, 2.24) is 5.32 Å².